The van der Waals surface area contributed by atoms with Crippen LogP contribution in [0.4, 0.5) is 19.0 Å². The number of rotatable bonds is 4. The van der Waals surface area contributed by atoms with Gasteiger partial charge in [-0.3, -0.25) is 0 Å². The minimum atomic E-state index is -4.19. The normalized spacial score (nSPS) is 11.3. The molecule has 0 saturated heterocycles. The van der Waals surface area contributed by atoms with Crippen molar-refractivity contribution in [1.29, 1.82) is 0 Å². The molecular formula is C10H12F3N3S. The summed E-state index contributed by atoms with van der Waals surface area (Å²) in [6, 6.07) is 3.34. The first kappa shape index (κ1) is 13.7. The minimum Gasteiger partial charge on any atom is -0.389 e. The van der Waals surface area contributed by atoms with Crippen LogP contribution in [0.2, 0.25) is 0 Å². The SMILES string of the molecule is Cc1ccc(C(N)=S)c(NCCC(F)(F)F)n1. The lowest BCUT2D eigenvalue weighted by atomic mass is 10.2. The number of nitrogens with two attached hydrogens (primary N) is 1. The number of alkyl halides is 3. The van der Waals surface area contributed by atoms with Crippen molar-refractivity contribution in [1.82, 2.24) is 4.98 Å². The highest BCUT2D eigenvalue weighted by atomic mass is 32.1. The molecule has 0 aliphatic carbocycles. The van der Waals surface area contributed by atoms with E-state index >= 15 is 0 Å². The fraction of sp³-hybridized carbons (Fsp3) is 0.400. The van der Waals surface area contributed by atoms with Crippen LogP contribution in [-0.4, -0.2) is 22.7 Å². The second-order valence-corrected chi connectivity index (χ2v) is 3.94. The van der Waals surface area contributed by atoms with Gasteiger partial charge in [0, 0.05) is 12.2 Å². The molecule has 0 aromatic carbocycles. The van der Waals surface area contributed by atoms with Crippen LogP contribution >= 0.6 is 12.2 Å². The van der Waals surface area contributed by atoms with Crippen molar-refractivity contribution >= 4 is 23.0 Å². The van der Waals surface area contributed by atoms with Crippen molar-refractivity contribution in [2.75, 3.05) is 11.9 Å². The first-order valence-electron chi connectivity index (χ1n) is 4.87. The number of hydrogen-bond donors (Lipinski definition) is 2. The molecule has 1 rings (SSSR count). The first-order chi connectivity index (χ1) is 7.79. The van der Waals surface area contributed by atoms with E-state index in [1.807, 2.05) is 0 Å². The van der Waals surface area contributed by atoms with Crippen LogP contribution in [0.3, 0.4) is 0 Å². The third-order valence-electron chi connectivity index (χ3n) is 2.00. The van der Waals surface area contributed by atoms with Crippen LogP contribution < -0.4 is 11.1 Å². The third-order valence-corrected chi connectivity index (χ3v) is 2.22. The summed E-state index contributed by atoms with van der Waals surface area (Å²) in [5.41, 5.74) is 6.58. The van der Waals surface area contributed by atoms with E-state index in [0.29, 0.717) is 17.1 Å². The summed E-state index contributed by atoms with van der Waals surface area (Å²) < 4.78 is 36.0. The number of aryl methyl sites for hydroxylation is 1. The Balaban J connectivity index is 2.75. The van der Waals surface area contributed by atoms with E-state index in [1.54, 1.807) is 19.1 Å². The number of thiocarbonyl (C=S) groups is 1. The van der Waals surface area contributed by atoms with Gasteiger partial charge in [-0.05, 0) is 19.1 Å². The van der Waals surface area contributed by atoms with Crippen LogP contribution in [0.15, 0.2) is 12.1 Å². The fourth-order valence-corrected chi connectivity index (χ4v) is 1.38. The predicted octanol–water partition coefficient (Wildman–Crippen LogP) is 2.39. The Morgan fingerprint density at radius 2 is 2.12 bits per heavy atom. The molecule has 0 atom stereocenters. The second-order valence-electron chi connectivity index (χ2n) is 3.51. The van der Waals surface area contributed by atoms with Crippen LogP contribution in [0.1, 0.15) is 17.7 Å². The second kappa shape index (κ2) is 5.31. The number of halogens is 3. The maximum Gasteiger partial charge on any atom is 0.390 e. The zero-order chi connectivity index (χ0) is 13.1. The Hall–Kier alpha value is -1.37. The Morgan fingerprint density at radius 3 is 2.65 bits per heavy atom. The van der Waals surface area contributed by atoms with Crippen molar-refractivity contribution in [3.8, 4) is 0 Å². The smallest absolute Gasteiger partial charge is 0.389 e. The highest BCUT2D eigenvalue weighted by molar-refractivity contribution is 7.80. The molecule has 94 valence electrons. The van der Waals surface area contributed by atoms with E-state index in [0.717, 1.165) is 0 Å². The first-order valence-corrected chi connectivity index (χ1v) is 5.28. The summed E-state index contributed by atoms with van der Waals surface area (Å²) >= 11 is 4.79. The molecule has 17 heavy (non-hydrogen) atoms. The number of nitrogens with one attached hydrogen (secondary N) is 1. The summed E-state index contributed by atoms with van der Waals surface area (Å²) in [7, 11) is 0. The van der Waals surface area contributed by atoms with Crippen LogP contribution in [0.5, 0.6) is 0 Å². The van der Waals surface area contributed by atoms with Gasteiger partial charge in [0.2, 0.25) is 0 Å². The van der Waals surface area contributed by atoms with E-state index in [2.05, 4.69) is 10.3 Å². The van der Waals surface area contributed by atoms with Gasteiger partial charge < -0.3 is 11.1 Å². The van der Waals surface area contributed by atoms with E-state index in [9.17, 15) is 13.2 Å². The molecule has 0 aliphatic rings. The third kappa shape index (κ3) is 4.56. The van der Waals surface area contributed by atoms with Gasteiger partial charge >= 0.3 is 6.18 Å². The van der Waals surface area contributed by atoms with Gasteiger partial charge in [-0.25, -0.2) is 4.98 Å². The van der Waals surface area contributed by atoms with E-state index in [-0.39, 0.29) is 11.5 Å². The molecule has 7 heteroatoms. The van der Waals surface area contributed by atoms with Crippen LogP contribution in [0.25, 0.3) is 0 Å². The van der Waals surface area contributed by atoms with Crippen LogP contribution in [-0.2, 0) is 0 Å². The number of pyridine rings is 1. The summed E-state index contributed by atoms with van der Waals surface area (Å²) in [6.45, 7) is 1.48. The molecule has 0 spiro atoms. The van der Waals surface area contributed by atoms with Gasteiger partial charge in [-0.15, -0.1) is 0 Å². The van der Waals surface area contributed by atoms with Crippen LogP contribution in [0, 0.1) is 6.92 Å². The zero-order valence-corrected chi connectivity index (χ0v) is 9.95. The molecule has 3 nitrogen and oxygen atoms in total. The van der Waals surface area contributed by atoms with Gasteiger partial charge in [-0.1, -0.05) is 12.2 Å². The quantitative estimate of drug-likeness (QED) is 0.819. The number of aromatic nitrogens is 1. The van der Waals surface area contributed by atoms with Gasteiger partial charge in [0.25, 0.3) is 0 Å². The number of nitrogens with zero attached hydrogens (tertiary/aromatic N) is 1. The van der Waals surface area contributed by atoms with E-state index < -0.39 is 12.6 Å². The van der Waals surface area contributed by atoms with Gasteiger partial charge in [-0.2, -0.15) is 13.2 Å². The average Bonchev–Trinajstić information content (AvgIpc) is 2.15. The molecule has 0 fully saturated rings. The summed E-state index contributed by atoms with van der Waals surface area (Å²) in [5, 5.41) is 2.59. The molecule has 0 unspecified atom stereocenters. The molecule has 0 radical (unpaired) electrons. The van der Waals surface area contributed by atoms with Crippen molar-refractivity contribution in [2.45, 2.75) is 19.5 Å². The number of hydrogen-bond acceptors (Lipinski definition) is 3. The maximum absolute atomic E-state index is 12.0. The molecular weight excluding hydrogens is 251 g/mol. The molecule has 0 saturated carbocycles. The van der Waals surface area contributed by atoms with Crippen molar-refractivity contribution in [3.63, 3.8) is 0 Å². The molecule has 0 bridgehead atoms. The van der Waals surface area contributed by atoms with Gasteiger partial charge in [0.1, 0.15) is 10.8 Å². The monoisotopic (exact) mass is 263 g/mol. The van der Waals surface area contributed by atoms with Crippen molar-refractivity contribution in [2.24, 2.45) is 5.73 Å². The zero-order valence-electron chi connectivity index (χ0n) is 9.14. The average molecular weight is 263 g/mol. The maximum atomic E-state index is 12.0. The van der Waals surface area contributed by atoms with Gasteiger partial charge in [0.05, 0.1) is 12.0 Å². The molecule has 1 aromatic rings. The lowest BCUT2D eigenvalue weighted by molar-refractivity contribution is -0.131. The Kier molecular flexibility index (Phi) is 4.28. The predicted molar refractivity (Wildman–Crippen MR) is 64.0 cm³/mol. The van der Waals surface area contributed by atoms with Gasteiger partial charge in [0.15, 0.2) is 0 Å². The fourth-order valence-electron chi connectivity index (χ4n) is 1.21. The molecule has 1 heterocycles. The minimum absolute atomic E-state index is 0.104. The summed E-state index contributed by atoms with van der Waals surface area (Å²) in [6.07, 6.45) is -5.13. The molecule has 0 aliphatic heterocycles. The van der Waals surface area contributed by atoms with Crippen molar-refractivity contribution < 1.29 is 13.2 Å². The Morgan fingerprint density at radius 1 is 1.47 bits per heavy atom. The Bertz CT molecular complexity index is 418. The lowest BCUT2D eigenvalue weighted by Gasteiger charge is -2.12. The van der Waals surface area contributed by atoms with Crippen molar-refractivity contribution in [3.05, 3.63) is 23.4 Å². The standard InChI is InChI=1S/C10H12F3N3S/c1-6-2-3-7(8(14)17)9(16-6)15-5-4-10(11,12)13/h2-3H,4-5H2,1H3,(H2,14,17)(H,15,16). The summed E-state index contributed by atoms with van der Waals surface area (Å²) in [5.74, 6) is 0.293. The molecule has 0 amide bonds. The lowest BCUT2D eigenvalue weighted by Crippen LogP contribution is -2.18. The molecule has 3 N–H and O–H groups in total. The summed E-state index contributed by atoms with van der Waals surface area (Å²) in [4.78, 5) is 4.17. The highest BCUT2D eigenvalue weighted by Gasteiger charge is 2.26. The Labute approximate surface area is 102 Å². The highest BCUT2D eigenvalue weighted by Crippen LogP contribution is 2.20. The molecule has 1 aromatic heterocycles. The largest absolute Gasteiger partial charge is 0.390 e. The van der Waals surface area contributed by atoms with E-state index in [4.69, 9.17) is 18.0 Å². The topological polar surface area (TPSA) is 50.9 Å². The number of anilines is 1. The van der Waals surface area contributed by atoms with E-state index in [1.165, 1.54) is 0 Å².